The second-order valence-electron chi connectivity index (χ2n) is 5.18. The lowest BCUT2D eigenvalue weighted by atomic mass is 10.2. The molecule has 0 unspecified atom stereocenters. The Kier molecular flexibility index (Phi) is 4.43. The molecule has 0 spiro atoms. The van der Waals surface area contributed by atoms with Crippen molar-refractivity contribution in [3.63, 3.8) is 0 Å². The highest BCUT2D eigenvalue weighted by molar-refractivity contribution is 9.10. The molecule has 118 valence electrons. The maximum Gasteiger partial charge on any atom is 0.252 e. The van der Waals surface area contributed by atoms with E-state index >= 15 is 0 Å². The van der Waals surface area contributed by atoms with Gasteiger partial charge in [0.2, 0.25) is 0 Å². The number of halogens is 2. The summed E-state index contributed by atoms with van der Waals surface area (Å²) in [6.07, 6.45) is 0. The zero-order valence-electron chi connectivity index (χ0n) is 12.5. The molecular weight excluding hydrogens is 361 g/mol. The van der Waals surface area contributed by atoms with Crippen LogP contribution in [0.5, 0.6) is 0 Å². The van der Waals surface area contributed by atoms with Crippen LogP contribution in [-0.4, -0.2) is 22.0 Å². The van der Waals surface area contributed by atoms with Crippen LogP contribution >= 0.6 is 15.9 Å². The summed E-state index contributed by atoms with van der Waals surface area (Å²) in [5, 5.41) is 2.85. The van der Waals surface area contributed by atoms with E-state index in [0.717, 1.165) is 16.9 Å². The molecule has 0 aliphatic heterocycles. The summed E-state index contributed by atoms with van der Waals surface area (Å²) in [7, 11) is 0. The van der Waals surface area contributed by atoms with Gasteiger partial charge in [-0.25, -0.2) is 9.37 Å². The van der Waals surface area contributed by atoms with Crippen LogP contribution in [0, 0.1) is 12.7 Å². The molecule has 0 aliphatic rings. The summed E-state index contributed by atoms with van der Waals surface area (Å²) in [6.45, 7) is 3.03. The van der Waals surface area contributed by atoms with E-state index in [1.54, 1.807) is 0 Å². The minimum atomic E-state index is -0.381. The van der Waals surface area contributed by atoms with Crippen LogP contribution in [0.25, 0.3) is 11.0 Å². The lowest BCUT2D eigenvalue weighted by Gasteiger charge is -2.09. The molecule has 0 saturated carbocycles. The predicted molar refractivity (Wildman–Crippen MR) is 90.9 cm³/mol. The number of fused-ring (bicyclic) bond motifs is 1. The molecule has 0 fully saturated rings. The van der Waals surface area contributed by atoms with E-state index in [1.165, 1.54) is 18.2 Å². The van der Waals surface area contributed by atoms with Crippen molar-refractivity contribution < 1.29 is 9.18 Å². The van der Waals surface area contributed by atoms with Crippen molar-refractivity contribution in [1.29, 1.82) is 0 Å². The van der Waals surface area contributed by atoms with Crippen LogP contribution in [0.1, 0.15) is 16.2 Å². The number of aromatic nitrogens is 2. The number of benzene rings is 2. The van der Waals surface area contributed by atoms with Crippen molar-refractivity contribution in [2.24, 2.45) is 0 Å². The first-order valence-electron chi connectivity index (χ1n) is 7.21. The zero-order chi connectivity index (χ0) is 16.4. The molecule has 0 bridgehead atoms. The predicted octanol–water partition coefficient (Wildman–Crippen LogP) is 3.68. The molecule has 1 aromatic heterocycles. The Hall–Kier alpha value is -2.21. The van der Waals surface area contributed by atoms with Gasteiger partial charge in [0.05, 0.1) is 16.6 Å². The molecule has 3 rings (SSSR count). The summed E-state index contributed by atoms with van der Waals surface area (Å²) in [6, 6.07) is 11.9. The number of aryl methyl sites for hydroxylation is 1. The van der Waals surface area contributed by atoms with E-state index in [1.807, 2.05) is 31.2 Å². The number of carbonyl (C=O) groups excluding carboxylic acids is 1. The zero-order valence-corrected chi connectivity index (χ0v) is 14.1. The van der Waals surface area contributed by atoms with Crippen molar-refractivity contribution in [3.8, 4) is 0 Å². The lowest BCUT2D eigenvalue weighted by molar-refractivity contribution is 0.0951. The summed E-state index contributed by atoms with van der Waals surface area (Å²) in [4.78, 5) is 16.7. The molecule has 6 heteroatoms. The van der Waals surface area contributed by atoms with Gasteiger partial charge >= 0.3 is 0 Å². The fourth-order valence-electron chi connectivity index (χ4n) is 2.53. The third-order valence-electron chi connectivity index (χ3n) is 3.64. The molecule has 1 N–H and O–H groups in total. The first-order chi connectivity index (χ1) is 11.1. The fourth-order valence-corrected chi connectivity index (χ4v) is 3.06. The van der Waals surface area contributed by atoms with E-state index in [-0.39, 0.29) is 11.7 Å². The van der Waals surface area contributed by atoms with Gasteiger partial charge < -0.3 is 9.88 Å². The van der Waals surface area contributed by atoms with E-state index < -0.39 is 0 Å². The molecule has 3 aromatic rings. The molecule has 2 aromatic carbocycles. The Morgan fingerprint density at radius 2 is 2.09 bits per heavy atom. The van der Waals surface area contributed by atoms with Crippen LogP contribution in [0.4, 0.5) is 4.39 Å². The van der Waals surface area contributed by atoms with Gasteiger partial charge in [0.1, 0.15) is 11.6 Å². The van der Waals surface area contributed by atoms with Gasteiger partial charge in [-0.1, -0.05) is 12.1 Å². The third kappa shape index (κ3) is 3.27. The SMILES string of the molecule is Cc1nc2ccccc2n1CCNC(=O)c1ccc(F)cc1Br. The first kappa shape index (κ1) is 15.7. The normalized spacial score (nSPS) is 10.9. The number of para-hydroxylation sites is 2. The minimum Gasteiger partial charge on any atom is -0.350 e. The Morgan fingerprint density at radius 3 is 2.87 bits per heavy atom. The molecule has 0 saturated heterocycles. The average Bonchev–Trinajstić information content (AvgIpc) is 2.83. The number of hydrogen-bond acceptors (Lipinski definition) is 2. The summed E-state index contributed by atoms with van der Waals surface area (Å²) >= 11 is 3.21. The molecule has 1 heterocycles. The van der Waals surface area contributed by atoms with Gasteiger partial charge in [-0.2, -0.15) is 0 Å². The quantitative estimate of drug-likeness (QED) is 0.755. The van der Waals surface area contributed by atoms with Crippen LogP contribution in [0.2, 0.25) is 0 Å². The summed E-state index contributed by atoms with van der Waals surface area (Å²) in [5.41, 5.74) is 2.40. The summed E-state index contributed by atoms with van der Waals surface area (Å²) in [5.74, 6) is 0.288. The molecule has 23 heavy (non-hydrogen) atoms. The molecule has 0 aliphatic carbocycles. The standard InChI is InChI=1S/C17H15BrFN3O/c1-11-21-15-4-2-3-5-16(15)22(11)9-8-20-17(23)13-7-6-12(19)10-14(13)18/h2-7,10H,8-9H2,1H3,(H,20,23). The Labute approximate surface area is 141 Å². The van der Waals surface area contributed by atoms with Crippen molar-refractivity contribution >= 4 is 32.9 Å². The largest absolute Gasteiger partial charge is 0.350 e. The number of rotatable bonds is 4. The highest BCUT2D eigenvalue weighted by Crippen LogP contribution is 2.18. The Balaban J connectivity index is 1.69. The van der Waals surface area contributed by atoms with Gasteiger partial charge in [0.15, 0.2) is 0 Å². The van der Waals surface area contributed by atoms with Gasteiger partial charge in [0.25, 0.3) is 5.91 Å². The van der Waals surface area contributed by atoms with Crippen LogP contribution < -0.4 is 5.32 Å². The number of imidazole rings is 1. The monoisotopic (exact) mass is 375 g/mol. The first-order valence-corrected chi connectivity index (χ1v) is 8.00. The average molecular weight is 376 g/mol. The van der Waals surface area contributed by atoms with E-state index in [2.05, 4.69) is 30.8 Å². The molecule has 1 amide bonds. The molecular formula is C17H15BrFN3O. The summed E-state index contributed by atoms with van der Waals surface area (Å²) < 4.78 is 15.6. The van der Waals surface area contributed by atoms with Crippen LogP contribution in [-0.2, 0) is 6.54 Å². The molecule has 0 atom stereocenters. The van der Waals surface area contributed by atoms with Gasteiger partial charge in [-0.05, 0) is 53.2 Å². The second-order valence-corrected chi connectivity index (χ2v) is 6.03. The number of nitrogens with zero attached hydrogens (tertiary/aromatic N) is 2. The van der Waals surface area contributed by atoms with Crippen molar-refractivity contribution in [3.05, 3.63) is 64.1 Å². The smallest absolute Gasteiger partial charge is 0.252 e. The fraction of sp³-hybridized carbons (Fsp3) is 0.176. The highest BCUT2D eigenvalue weighted by Gasteiger charge is 2.11. The number of hydrogen-bond donors (Lipinski definition) is 1. The van der Waals surface area contributed by atoms with Crippen LogP contribution in [0.3, 0.4) is 0 Å². The van der Waals surface area contributed by atoms with Crippen LogP contribution in [0.15, 0.2) is 46.9 Å². The minimum absolute atomic E-state index is 0.237. The Bertz CT molecular complexity index is 875. The molecule has 0 radical (unpaired) electrons. The highest BCUT2D eigenvalue weighted by atomic mass is 79.9. The third-order valence-corrected chi connectivity index (χ3v) is 4.30. The van der Waals surface area contributed by atoms with E-state index in [0.29, 0.717) is 23.1 Å². The van der Waals surface area contributed by atoms with E-state index in [4.69, 9.17) is 0 Å². The second kappa shape index (κ2) is 6.50. The van der Waals surface area contributed by atoms with Crippen molar-refractivity contribution in [1.82, 2.24) is 14.9 Å². The molecule has 4 nitrogen and oxygen atoms in total. The lowest BCUT2D eigenvalue weighted by Crippen LogP contribution is -2.27. The van der Waals surface area contributed by atoms with Gasteiger partial charge in [-0.15, -0.1) is 0 Å². The van der Waals surface area contributed by atoms with Crippen molar-refractivity contribution in [2.75, 3.05) is 6.54 Å². The van der Waals surface area contributed by atoms with Gasteiger partial charge in [-0.3, -0.25) is 4.79 Å². The number of nitrogens with one attached hydrogen (secondary N) is 1. The topological polar surface area (TPSA) is 46.9 Å². The van der Waals surface area contributed by atoms with E-state index in [9.17, 15) is 9.18 Å². The number of carbonyl (C=O) groups is 1. The van der Waals surface area contributed by atoms with Crippen molar-refractivity contribution in [2.45, 2.75) is 13.5 Å². The maximum atomic E-state index is 13.1. The number of amides is 1. The maximum absolute atomic E-state index is 13.1. The Morgan fingerprint density at radius 1 is 1.30 bits per heavy atom. The van der Waals surface area contributed by atoms with Gasteiger partial charge in [0, 0.05) is 17.6 Å².